The summed E-state index contributed by atoms with van der Waals surface area (Å²) in [6, 6.07) is 11.9. The van der Waals surface area contributed by atoms with Crippen molar-refractivity contribution < 1.29 is 9.53 Å². The van der Waals surface area contributed by atoms with Gasteiger partial charge in [-0.25, -0.2) is 9.78 Å². The van der Waals surface area contributed by atoms with E-state index in [4.69, 9.17) is 4.74 Å². The lowest BCUT2D eigenvalue weighted by molar-refractivity contribution is 0.206. The molecule has 0 atom stereocenters. The first-order valence-electron chi connectivity index (χ1n) is 8.82. The lowest BCUT2D eigenvalue weighted by atomic mass is 10.2. The molecule has 3 rings (SSSR count). The number of fused-ring (bicyclic) bond motifs is 1. The van der Waals surface area contributed by atoms with Crippen LogP contribution in [0.5, 0.6) is 0 Å². The topological polar surface area (TPSA) is 88.5 Å². The number of ether oxygens (including phenoxy) is 1. The molecule has 0 aliphatic rings. The number of aromatic nitrogens is 2. The molecule has 8 heteroatoms. The molecule has 0 saturated carbocycles. The Kier molecular flexibility index (Phi) is 5.90. The molecule has 0 fully saturated rings. The molecule has 8 nitrogen and oxygen atoms in total. The van der Waals surface area contributed by atoms with E-state index in [1.165, 1.54) is 6.07 Å². The van der Waals surface area contributed by atoms with Gasteiger partial charge in [0.2, 0.25) is 0 Å². The van der Waals surface area contributed by atoms with Crippen LogP contribution in [0.2, 0.25) is 0 Å². The lowest BCUT2D eigenvalue weighted by Gasteiger charge is -2.18. The van der Waals surface area contributed by atoms with Crippen molar-refractivity contribution in [2.24, 2.45) is 7.05 Å². The maximum Gasteiger partial charge on any atom is 0.324 e. The van der Waals surface area contributed by atoms with E-state index in [2.05, 4.69) is 15.6 Å². The third-order valence-corrected chi connectivity index (χ3v) is 4.45. The summed E-state index contributed by atoms with van der Waals surface area (Å²) in [6.45, 7) is 1.37. The summed E-state index contributed by atoms with van der Waals surface area (Å²) in [5.74, 6) is 0.439. The molecule has 146 valence electrons. The Morgan fingerprint density at radius 1 is 1.18 bits per heavy atom. The maximum atomic E-state index is 12.3. The van der Waals surface area contributed by atoms with E-state index in [0.717, 1.165) is 23.1 Å². The standard InChI is InChI=1S/C20H23N5O3/c1-24(10-11-28-3)16-7-8-18(21-13-16)23-20(27)22-15-6-4-14-5-9-19(26)25(2)17(14)12-15/h4-9,12-13H,10-11H2,1-3H3,(H2,21,22,23,27). The van der Waals surface area contributed by atoms with Gasteiger partial charge in [0.05, 0.1) is 24.0 Å². The zero-order chi connectivity index (χ0) is 20.1. The quantitative estimate of drug-likeness (QED) is 0.685. The molecule has 0 saturated heterocycles. The summed E-state index contributed by atoms with van der Waals surface area (Å²) in [5.41, 5.74) is 2.15. The molecule has 2 N–H and O–H groups in total. The number of carbonyl (C=O) groups is 1. The van der Waals surface area contributed by atoms with E-state index in [9.17, 15) is 9.59 Å². The maximum absolute atomic E-state index is 12.3. The van der Waals surface area contributed by atoms with Crippen LogP contribution in [0.15, 0.2) is 53.5 Å². The monoisotopic (exact) mass is 381 g/mol. The van der Waals surface area contributed by atoms with Crippen molar-refractivity contribution in [1.29, 1.82) is 0 Å². The third-order valence-electron chi connectivity index (χ3n) is 4.45. The Hall–Kier alpha value is -3.39. The van der Waals surface area contributed by atoms with Gasteiger partial charge in [-0.05, 0) is 35.7 Å². The molecule has 0 spiro atoms. The van der Waals surface area contributed by atoms with Crippen molar-refractivity contribution >= 4 is 34.1 Å². The molecule has 3 aromatic rings. The van der Waals surface area contributed by atoms with Crippen LogP contribution in [-0.4, -0.2) is 42.9 Å². The highest BCUT2D eigenvalue weighted by Crippen LogP contribution is 2.18. The highest BCUT2D eigenvalue weighted by molar-refractivity contribution is 6.00. The van der Waals surface area contributed by atoms with E-state index in [0.29, 0.717) is 18.1 Å². The molecule has 0 radical (unpaired) electrons. The number of hydrogen-bond acceptors (Lipinski definition) is 5. The average Bonchev–Trinajstić information content (AvgIpc) is 2.70. The predicted octanol–water partition coefficient (Wildman–Crippen LogP) is 2.66. The van der Waals surface area contributed by atoms with Gasteiger partial charge < -0.3 is 19.5 Å². The predicted molar refractivity (Wildman–Crippen MR) is 111 cm³/mol. The van der Waals surface area contributed by atoms with E-state index in [-0.39, 0.29) is 5.56 Å². The molecule has 0 aliphatic heterocycles. The van der Waals surface area contributed by atoms with E-state index < -0.39 is 6.03 Å². The third kappa shape index (κ3) is 4.47. The van der Waals surface area contributed by atoms with Crippen LogP contribution in [0.3, 0.4) is 0 Å². The van der Waals surface area contributed by atoms with E-state index in [1.807, 2.05) is 24.1 Å². The number of pyridine rings is 2. The van der Waals surface area contributed by atoms with Crippen LogP contribution in [0.25, 0.3) is 10.9 Å². The fourth-order valence-corrected chi connectivity index (χ4v) is 2.77. The van der Waals surface area contributed by atoms with Gasteiger partial charge in [-0.2, -0.15) is 0 Å². The number of anilines is 3. The second-order valence-corrected chi connectivity index (χ2v) is 6.40. The van der Waals surface area contributed by atoms with Crippen LogP contribution in [-0.2, 0) is 11.8 Å². The number of amides is 2. The van der Waals surface area contributed by atoms with Crippen molar-refractivity contribution in [2.75, 3.05) is 42.8 Å². The summed E-state index contributed by atoms with van der Waals surface area (Å²) in [4.78, 5) is 30.3. The summed E-state index contributed by atoms with van der Waals surface area (Å²) in [7, 11) is 5.30. The highest BCUT2D eigenvalue weighted by atomic mass is 16.5. The Bertz CT molecular complexity index is 1030. The number of hydrogen-bond donors (Lipinski definition) is 2. The molecule has 28 heavy (non-hydrogen) atoms. The minimum absolute atomic E-state index is 0.103. The Labute approximate surface area is 162 Å². The number of nitrogens with zero attached hydrogens (tertiary/aromatic N) is 3. The van der Waals surface area contributed by atoms with Gasteiger partial charge in [-0.15, -0.1) is 0 Å². The molecule has 0 unspecified atom stereocenters. The molecule has 2 heterocycles. The molecule has 0 bridgehead atoms. The highest BCUT2D eigenvalue weighted by Gasteiger charge is 2.07. The summed E-state index contributed by atoms with van der Waals surface area (Å²) in [5, 5.41) is 6.38. The van der Waals surface area contributed by atoms with Crippen LogP contribution < -0.4 is 21.1 Å². The zero-order valence-electron chi connectivity index (χ0n) is 16.1. The van der Waals surface area contributed by atoms with Crippen molar-refractivity contribution in [3.63, 3.8) is 0 Å². The molecule has 2 amide bonds. The zero-order valence-corrected chi connectivity index (χ0v) is 16.1. The van der Waals surface area contributed by atoms with Crippen molar-refractivity contribution in [1.82, 2.24) is 9.55 Å². The minimum Gasteiger partial charge on any atom is -0.383 e. The number of carbonyl (C=O) groups excluding carboxylic acids is 1. The number of methoxy groups -OCH3 is 1. The van der Waals surface area contributed by atoms with Gasteiger partial charge in [0.25, 0.3) is 5.56 Å². The second-order valence-electron chi connectivity index (χ2n) is 6.40. The number of likely N-dealkylation sites (N-methyl/N-ethyl adjacent to an activating group) is 1. The first-order chi connectivity index (χ1) is 13.5. The Morgan fingerprint density at radius 2 is 1.96 bits per heavy atom. The number of urea groups is 1. The summed E-state index contributed by atoms with van der Waals surface area (Å²) in [6.07, 6.45) is 1.69. The first kappa shape index (κ1) is 19.4. The average molecular weight is 381 g/mol. The van der Waals surface area contributed by atoms with E-state index >= 15 is 0 Å². The summed E-state index contributed by atoms with van der Waals surface area (Å²) < 4.78 is 6.60. The summed E-state index contributed by atoms with van der Waals surface area (Å²) >= 11 is 0. The largest absolute Gasteiger partial charge is 0.383 e. The number of aryl methyl sites for hydroxylation is 1. The molecule has 1 aromatic carbocycles. The van der Waals surface area contributed by atoms with Gasteiger partial charge in [0, 0.05) is 39.5 Å². The van der Waals surface area contributed by atoms with Crippen molar-refractivity contribution in [3.8, 4) is 0 Å². The Balaban J connectivity index is 1.66. The fourth-order valence-electron chi connectivity index (χ4n) is 2.77. The van der Waals surface area contributed by atoms with E-state index in [1.54, 1.807) is 49.2 Å². The smallest absolute Gasteiger partial charge is 0.324 e. The molecule has 2 aromatic heterocycles. The Morgan fingerprint density at radius 3 is 2.68 bits per heavy atom. The number of benzene rings is 1. The van der Waals surface area contributed by atoms with Gasteiger partial charge in [0.15, 0.2) is 0 Å². The van der Waals surface area contributed by atoms with Crippen LogP contribution in [0, 0.1) is 0 Å². The molecular formula is C20H23N5O3. The SMILES string of the molecule is COCCN(C)c1ccc(NC(=O)Nc2ccc3ccc(=O)n(C)c3c2)nc1. The normalized spacial score (nSPS) is 10.7. The lowest BCUT2D eigenvalue weighted by Crippen LogP contribution is -2.23. The van der Waals surface area contributed by atoms with Gasteiger partial charge in [-0.3, -0.25) is 10.1 Å². The minimum atomic E-state index is -0.409. The number of rotatable bonds is 6. The second kappa shape index (κ2) is 8.53. The fraction of sp³-hybridized carbons (Fsp3) is 0.250. The van der Waals surface area contributed by atoms with Crippen LogP contribution in [0.4, 0.5) is 22.0 Å². The van der Waals surface area contributed by atoms with Crippen molar-refractivity contribution in [2.45, 2.75) is 0 Å². The molecular weight excluding hydrogens is 358 g/mol. The van der Waals surface area contributed by atoms with Crippen LogP contribution in [0.1, 0.15) is 0 Å². The van der Waals surface area contributed by atoms with Gasteiger partial charge in [-0.1, -0.05) is 6.07 Å². The first-order valence-corrected chi connectivity index (χ1v) is 8.82. The van der Waals surface area contributed by atoms with Gasteiger partial charge >= 0.3 is 6.03 Å². The number of nitrogens with one attached hydrogen (secondary N) is 2. The van der Waals surface area contributed by atoms with Crippen LogP contribution >= 0.6 is 0 Å². The molecule has 0 aliphatic carbocycles. The van der Waals surface area contributed by atoms with Gasteiger partial charge in [0.1, 0.15) is 5.82 Å². The van der Waals surface area contributed by atoms with Crippen molar-refractivity contribution in [3.05, 3.63) is 59.0 Å².